The average Bonchev–Trinajstić information content (AvgIpc) is 2.40. The predicted molar refractivity (Wildman–Crippen MR) is 92.5 cm³/mol. The second kappa shape index (κ2) is 5.27. The van der Waals surface area contributed by atoms with Crippen molar-refractivity contribution in [1.29, 1.82) is 0 Å². The zero-order chi connectivity index (χ0) is 16.1. The van der Waals surface area contributed by atoms with Crippen molar-refractivity contribution in [3.05, 3.63) is 45.9 Å². The molecule has 3 rings (SSSR count). The molecule has 0 saturated carbocycles. The lowest BCUT2D eigenvalue weighted by Crippen LogP contribution is -2.53. The van der Waals surface area contributed by atoms with Gasteiger partial charge in [0, 0.05) is 16.1 Å². The molecule has 3 nitrogen and oxygen atoms in total. The van der Waals surface area contributed by atoms with Crippen molar-refractivity contribution in [3.63, 3.8) is 0 Å². The largest absolute Gasteiger partial charge is 0.465 e. The molecule has 116 valence electrons. The van der Waals surface area contributed by atoms with Crippen molar-refractivity contribution >= 4 is 32.8 Å². The first-order chi connectivity index (χ1) is 10.3. The zero-order valence-corrected chi connectivity index (χ0v) is 14.6. The van der Waals surface area contributed by atoms with Gasteiger partial charge in [0.25, 0.3) is 0 Å². The summed E-state index contributed by atoms with van der Waals surface area (Å²) in [6.07, 6.45) is 0.694. The Bertz CT molecular complexity index is 736. The van der Waals surface area contributed by atoms with E-state index in [1.807, 2.05) is 20.8 Å². The molecule has 0 saturated heterocycles. The van der Waals surface area contributed by atoms with Gasteiger partial charge in [0.05, 0.1) is 0 Å². The van der Waals surface area contributed by atoms with Gasteiger partial charge in [-0.25, -0.2) is 4.79 Å². The minimum atomic E-state index is -0.842. The van der Waals surface area contributed by atoms with Crippen LogP contribution in [0.15, 0.2) is 34.8 Å². The van der Waals surface area contributed by atoms with Gasteiger partial charge in [0.2, 0.25) is 0 Å². The smallest absolute Gasteiger partial charge is 0.408 e. The first-order valence-electron chi connectivity index (χ1n) is 7.50. The summed E-state index contributed by atoms with van der Waals surface area (Å²) >= 11 is 3.61. The van der Waals surface area contributed by atoms with Crippen LogP contribution in [0.5, 0.6) is 0 Å². The maximum atomic E-state index is 11.8. The van der Waals surface area contributed by atoms with E-state index in [9.17, 15) is 9.90 Å². The number of carbonyl (C=O) groups is 1. The fourth-order valence-corrected chi connectivity index (χ4v) is 4.08. The van der Waals surface area contributed by atoms with Crippen LogP contribution < -0.4 is 0 Å². The fraction of sp³-hybridized carbons (Fsp3) is 0.389. The fourth-order valence-electron chi connectivity index (χ4n) is 3.62. The summed E-state index contributed by atoms with van der Waals surface area (Å²) in [6.45, 7) is 5.87. The number of nitrogens with zero attached hydrogens (tertiary/aromatic N) is 1. The second-order valence-corrected chi connectivity index (χ2v) is 7.79. The Morgan fingerprint density at radius 3 is 2.41 bits per heavy atom. The van der Waals surface area contributed by atoms with Gasteiger partial charge >= 0.3 is 6.09 Å². The Kier molecular flexibility index (Phi) is 3.68. The van der Waals surface area contributed by atoms with Crippen LogP contribution in [0.4, 0.5) is 4.79 Å². The Labute approximate surface area is 139 Å². The molecule has 1 unspecified atom stereocenters. The molecule has 2 aromatic rings. The molecule has 0 fully saturated rings. The standard InChI is InChI=1S/C18H20BrNO2/c1-18(2,3)20(17(21)22)13-9-11-5-4-6-14-15(19)8-7-12(10-13)16(11)14/h4-8,13H,9-10H2,1-3H3,(H,21,22). The molecule has 0 heterocycles. The van der Waals surface area contributed by atoms with E-state index in [-0.39, 0.29) is 6.04 Å². The predicted octanol–water partition coefficient (Wildman–Crippen LogP) is 4.85. The van der Waals surface area contributed by atoms with Gasteiger partial charge in [-0.3, -0.25) is 4.90 Å². The van der Waals surface area contributed by atoms with Crippen LogP contribution in [-0.4, -0.2) is 27.7 Å². The summed E-state index contributed by atoms with van der Waals surface area (Å²) in [5.41, 5.74) is 2.07. The zero-order valence-electron chi connectivity index (χ0n) is 13.1. The van der Waals surface area contributed by atoms with Gasteiger partial charge in [-0.1, -0.05) is 40.2 Å². The summed E-state index contributed by atoms with van der Waals surface area (Å²) in [4.78, 5) is 13.4. The van der Waals surface area contributed by atoms with Crippen molar-refractivity contribution in [2.75, 3.05) is 0 Å². The molecule has 0 radical (unpaired) electrons. The third kappa shape index (κ3) is 2.50. The topological polar surface area (TPSA) is 40.5 Å². The van der Waals surface area contributed by atoms with E-state index in [0.717, 1.165) is 17.3 Å². The minimum Gasteiger partial charge on any atom is -0.465 e. The molecule has 1 aliphatic rings. The number of hydrogen-bond acceptors (Lipinski definition) is 1. The molecule has 0 bridgehead atoms. The van der Waals surface area contributed by atoms with E-state index in [1.165, 1.54) is 21.9 Å². The van der Waals surface area contributed by atoms with Crippen molar-refractivity contribution in [3.8, 4) is 0 Å². The third-order valence-corrected chi connectivity index (χ3v) is 5.06. The minimum absolute atomic E-state index is 0.0169. The van der Waals surface area contributed by atoms with Crippen molar-refractivity contribution < 1.29 is 9.90 Å². The Morgan fingerprint density at radius 1 is 1.18 bits per heavy atom. The van der Waals surface area contributed by atoms with E-state index in [1.54, 1.807) is 4.90 Å². The Morgan fingerprint density at radius 2 is 1.82 bits per heavy atom. The van der Waals surface area contributed by atoms with Crippen LogP contribution in [0.1, 0.15) is 31.9 Å². The molecule has 2 aromatic carbocycles. The first kappa shape index (κ1) is 15.3. The van der Waals surface area contributed by atoms with Crippen LogP contribution >= 0.6 is 15.9 Å². The summed E-state index contributed by atoms with van der Waals surface area (Å²) in [5, 5.41) is 12.2. The third-order valence-electron chi connectivity index (χ3n) is 4.37. The van der Waals surface area contributed by atoms with Crippen LogP contribution in [0.3, 0.4) is 0 Å². The van der Waals surface area contributed by atoms with Crippen molar-refractivity contribution in [2.45, 2.75) is 45.2 Å². The molecule has 1 aliphatic carbocycles. The lowest BCUT2D eigenvalue weighted by molar-refractivity contribution is 0.0695. The van der Waals surface area contributed by atoms with Crippen LogP contribution in [0, 0.1) is 0 Å². The highest BCUT2D eigenvalue weighted by atomic mass is 79.9. The van der Waals surface area contributed by atoms with Gasteiger partial charge in [-0.05, 0) is 61.6 Å². The van der Waals surface area contributed by atoms with Gasteiger partial charge < -0.3 is 5.11 Å². The molecule has 1 N–H and O–H groups in total. The van der Waals surface area contributed by atoms with E-state index in [4.69, 9.17) is 0 Å². The van der Waals surface area contributed by atoms with E-state index in [0.29, 0.717) is 0 Å². The Hall–Kier alpha value is -1.55. The summed E-state index contributed by atoms with van der Waals surface area (Å²) in [5.74, 6) is 0. The Balaban J connectivity index is 2.09. The van der Waals surface area contributed by atoms with Crippen LogP contribution in [0.2, 0.25) is 0 Å². The van der Waals surface area contributed by atoms with E-state index >= 15 is 0 Å². The lowest BCUT2D eigenvalue weighted by Gasteiger charge is -2.41. The highest BCUT2D eigenvalue weighted by molar-refractivity contribution is 9.10. The molecule has 1 amide bonds. The molecule has 22 heavy (non-hydrogen) atoms. The SMILES string of the molecule is CC(C)(C)N(C(=O)O)C1Cc2cccc3c(Br)ccc(c23)C1. The van der Waals surface area contributed by atoms with E-state index in [2.05, 4.69) is 46.3 Å². The average molecular weight is 362 g/mol. The van der Waals surface area contributed by atoms with Crippen molar-refractivity contribution in [2.24, 2.45) is 0 Å². The highest BCUT2D eigenvalue weighted by Gasteiger charge is 2.35. The summed E-state index contributed by atoms with van der Waals surface area (Å²) in [7, 11) is 0. The number of rotatable bonds is 1. The first-order valence-corrected chi connectivity index (χ1v) is 8.29. The van der Waals surface area contributed by atoms with Crippen LogP contribution in [-0.2, 0) is 12.8 Å². The molecule has 0 aliphatic heterocycles. The van der Waals surface area contributed by atoms with E-state index < -0.39 is 11.6 Å². The second-order valence-electron chi connectivity index (χ2n) is 6.93. The van der Waals surface area contributed by atoms with Gasteiger partial charge in [0.1, 0.15) is 0 Å². The number of halogens is 1. The molecule has 4 heteroatoms. The van der Waals surface area contributed by atoms with Gasteiger partial charge in [-0.15, -0.1) is 0 Å². The maximum Gasteiger partial charge on any atom is 0.408 e. The van der Waals surface area contributed by atoms with Crippen LogP contribution in [0.25, 0.3) is 10.8 Å². The molecular weight excluding hydrogens is 342 g/mol. The monoisotopic (exact) mass is 361 g/mol. The van der Waals surface area contributed by atoms with Gasteiger partial charge in [-0.2, -0.15) is 0 Å². The lowest BCUT2D eigenvalue weighted by atomic mass is 9.84. The molecule has 0 aromatic heterocycles. The number of amides is 1. The maximum absolute atomic E-state index is 11.8. The van der Waals surface area contributed by atoms with Gasteiger partial charge in [0.15, 0.2) is 0 Å². The molecular formula is C18H20BrNO2. The highest BCUT2D eigenvalue weighted by Crippen LogP contribution is 2.36. The molecule has 0 spiro atoms. The van der Waals surface area contributed by atoms with Crippen molar-refractivity contribution in [1.82, 2.24) is 4.90 Å². The quantitative estimate of drug-likeness (QED) is 0.788. The number of carboxylic acid groups (broad SMARTS) is 1. The normalized spacial score (nSPS) is 17.5. The summed E-state index contributed by atoms with van der Waals surface area (Å²) in [6, 6.07) is 10.4. The number of hydrogen-bond donors (Lipinski definition) is 1. The molecule has 1 atom stereocenters. The number of benzene rings is 2. The summed E-state index contributed by atoms with van der Waals surface area (Å²) < 4.78 is 1.09.